The third-order valence-electron chi connectivity index (χ3n) is 10.9. The van der Waals surface area contributed by atoms with Gasteiger partial charge in [0, 0.05) is 11.3 Å². The van der Waals surface area contributed by atoms with Gasteiger partial charge in [-0.25, -0.2) is 4.98 Å². The van der Waals surface area contributed by atoms with Gasteiger partial charge in [-0.3, -0.25) is 4.57 Å². The Balaban J connectivity index is 1.16. The molecule has 2 heteroatoms. The van der Waals surface area contributed by atoms with Crippen LogP contribution in [0.5, 0.6) is 0 Å². The Bertz CT molecular complexity index is 3150. The summed E-state index contributed by atoms with van der Waals surface area (Å²) in [5, 5.41) is 12.6. The van der Waals surface area contributed by atoms with Gasteiger partial charge in [0.1, 0.15) is 5.82 Å². The highest BCUT2D eigenvalue weighted by molar-refractivity contribution is 6.26. The lowest BCUT2D eigenvalue weighted by Crippen LogP contribution is -1.97. The second-order valence-electron chi connectivity index (χ2n) is 13.9. The van der Waals surface area contributed by atoms with E-state index < -0.39 is 0 Å². The van der Waals surface area contributed by atoms with Gasteiger partial charge in [-0.05, 0) is 119 Å². The summed E-state index contributed by atoms with van der Waals surface area (Å²) in [6.07, 6.45) is 0. The van der Waals surface area contributed by atoms with Crippen LogP contribution in [0.25, 0.3) is 104 Å². The summed E-state index contributed by atoms with van der Waals surface area (Å²) in [5.74, 6) is 0.935. The Hall–Kier alpha value is -7.03. The molecule has 53 heavy (non-hydrogen) atoms. The Kier molecular flexibility index (Phi) is 6.59. The van der Waals surface area contributed by atoms with Crippen molar-refractivity contribution >= 4 is 64.9 Å². The van der Waals surface area contributed by atoms with Crippen molar-refractivity contribution < 1.29 is 0 Å². The minimum Gasteiger partial charge on any atom is -0.292 e. The van der Waals surface area contributed by atoms with Crippen LogP contribution in [-0.4, -0.2) is 9.55 Å². The molecule has 0 aliphatic carbocycles. The molecule has 0 bridgehead atoms. The average molecular weight is 673 g/mol. The molecule has 0 fully saturated rings. The summed E-state index contributed by atoms with van der Waals surface area (Å²) in [7, 11) is 0. The van der Waals surface area contributed by atoms with Crippen LogP contribution < -0.4 is 0 Å². The van der Waals surface area contributed by atoms with Crippen LogP contribution >= 0.6 is 0 Å². The van der Waals surface area contributed by atoms with Gasteiger partial charge in [-0.1, -0.05) is 152 Å². The molecular formula is C51H32N2. The maximum absolute atomic E-state index is 5.14. The lowest BCUT2D eigenvalue weighted by Gasteiger charge is -2.20. The molecule has 2 nitrogen and oxygen atoms in total. The maximum atomic E-state index is 5.14. The van der Waals surface area contributed by atoms with Crippen molar-refractivity contribution in [2.75, 3.05) is 0 Å². The molecule has 0 unspecified atom stereocenters. The monoisotopic (exact) mass is 672 g/mol. The lowest BCUT2D eigenvalue weighted by atomic mass is 9.83. The van der Waals surface area contributed by atoms with E-state index >= 15 is 0 Å². The molecule has 1 heterocycles. The second-order valence-corrected chi connectivity index (χ2v) is 13.9. The predicted molar refractivity (Wildman–Crippen MR) is 225 cm³/mol. The Morgan fingerprint density at radius 3 is 1.53 bits per heavy atom. The summed E-state index contributed by atoms with van der Waals surface area (Å²) in [4.78, 5) is 5.14. The van der Waals surface area contributed by atoms with Crippen LogP contribution in [0.4, 0.5) is 0 Å². The van der Waals surface area contributed by atoms with Crippen LogP contribution in [0.3, 0.4) is 0 Å². The number of hydrogen-bond acceptors (Lipinski definition) is 1. The van der Waals surface area contributed by atoms with Crippen molar-refractivity contribution in [1.82, 2.24) is 9.55 Å². The standard InChI is InChI=1S/C51H32N2/c1-2-17-38(18-3-1)53-48-25-13-12-24-47(48)52-51(53)34-28-26-33(27-29-34)49-40-20-8-10-22-42(40)50(43-23-11-9-21-41(43)49)46-32-37-16-6-7-19-39(37)44-30-35-14-4-5-15-36(35)31-45(44)46/h1-32H. The van der Waals surface area contributed by atoms with Gasteiger partial charge in [0.05, 0.1) is 11.0 Å². The zero-order valence-electron chi connectivity index (χ0n) is 28.9. The first kappa shape index (κ1) is 29.7. The molecule has 0 saturated carbocycles. The van der Waals surface area contributed by atoms with E-state index in [4.69, 9.17) is 4.98 Å². The fourth-order valence-corrected chi connectivity index (χ4v) is 8.57. The molecule has 0 aliphatic rings. The molecule has 246 valence electrons. The topological polar surface area (TPSA) is 17.8 Å². The van der Waals surface area contributed by atoms with Gasteiger partial charge < -0.3 is 0 Å². The molecular weight excluding hydrogens is 641 g/mol. The van der Waals surface area contributed by atoms with Gasteiger partial charge in [-0.2, -0.15) is 0 Å². The molecule has 0 atom stereocenters. The van der Waals surface area contributed by atoms with E-state index in [-0.39, 0.29) is 0 Å². The number of nitrogens with zero attached hydrogens (tertiary/aromatic N) is 2. The molecule has 0 spiro atoms. The maximum Gasteiger partial charge on any atom is 0.145 e. The van der Waals surface area contributed by atoms with Gasteiger partial charge >= 0.3 is 0 Å². The van der Waals surface area contributed by atoms with Crippen molar-refractivity contribution in [3.8, 4) is 39.3 Å². The fraction of sp³-hybridized carbons (Fsp3) is 0. The van der Waals surface area contributed by atoms with E-state index in [0.29, 0.717) is 0 Å². The molecule has 11 rings (SSSR count). The summed E-state index contributed by atoms with van der Waals surface area (Å²) in [6.45, 7) is 0. The zero-order valence-corrected chi connectivity index (χ0v) is 28.9. The number of benzene rings is 10. The van der Waals surface area contributed by atoms with Crippen LogP contribution in [0.2, 0.25) is 0 Å². The van der Waals surface area contributed by atoms with E-state index in [1.165, 1.54) is 76.1 Å². The third-order valence-corrected chi connectivity index (χ3v) is 10.9. The number of hydrogen-bond donors (Lipinski definition) is 0. The van der Waals surface area contributed by atoms with Gasteiger partial charge in [0.2, 0.25) is 0 Å². The van der Waals surface area contributed by atoms with Crippen molar-refractivity contribution in [1.29, 1.82) is 0 Å². The summed E-state index contributed by atoms with van der Waals surface area (Å²) < 4.78 is 2.26. The summed E-state index contributed by atoms with van der Waals surface area (Å²) >= 11 is 0. The largest absolute Gasteiger partial charge is 0.292 e. The molecule has 10 aromatic carbocycles. The average Bonchev–Trinajstić information content (AvgIpc) is 3.62. The normalized spacial score (nSPS) is 11.8. The molecule has 11 aromatic rings. The quantitative estimate of drug-likeness (QED) is 0.134. The molecule has 1 aromatic heterocycles. The predicted octanol–water partition coefficient (Wildman–Crippen LogP) is 13.8. The SMILES string of the molecule is c1ccc(-n2c(-c3ccc(-c4c5ccccc5c(-c5cc6ccccc6c6cc7ccccc7cc56)c5ccccc45)cc3)nc3ccccc32)cc1. The highest BCUT2D eigenvalue weighted by Gasteiger charge is 2.20. The molecule has 0 aliphatic heterocycles. The first-order chi connectivity index (χ1) is 26.3. The fourth-order valence-electron chi connectivity index (χ4n) is 8.57. The van der Waals surface area contributed by atoms with E-state index in [1.54, 1.807) is 0 Å². The number of para-hydroxylation sites is 3. The summed E-state index contributed by atoms with van der Waals surface area (Å²) in [5.41, 5.74) is 9.23. The lowest BCUT2D eigenvalue weighted by molar-refractivity contribution is 1.10. The van der Waals surface area contributed by atoms with Crippen LogP contribution in [-0.2, 0) is 0 Å². The van der Waals surface area contributed by atoms with Crippen LogP contribution in [0.1, 0.15) is 0 Å². The summed E-state index contributed by atoms with van der Waals surface area (Å²) in [6, 6.07) is 70.5. The smallest absolute Gasteiger partial charge is 0.145 e. The molecule has 0 radical (unpaired) electrons. The van der Waals surface area contributed by atoms with Gasteiger partial charge in [0.25, 0.3) is 0 Å². The van der Waals surface area contributed by atoms with E-state index in [1.807, 2.05) is 0 Å². The Morgan fingerprint density at radius 1 is 0.340 bits per heavy atom. The van der Waals surface area contributed by atoms with Crippen molar-refractivity contribution in [3.63, 3.8) is 0 Å². The van der Waals surface area contributed by atoms with Gasteiger partial charge in [0.15, 0.2) is 0 Å². The highest BCUT2D eigenvalue weighted by Crippen LogP contribution is 2.47. The number of imidazole rings is 1. The highest BCUT2D eigenvalue weighted by atomic mass is 15.1. The van der Waals surface area contributed by atoms with Crippen molar-refractivity contribution in [2.45, 2.75) is 0 Å². The minimum atomic E-state index is 0.935. The zero-order chi connectivity index (χ0) is 34.9. The van der Waals surface area contributed by atoms with Crippen LogP contribution in [0, 0.1) is 0 Å². The van der Waals surface area contributed by atoms with E-state index in [2.05, 4.69) is 199 Å². The van der Waals surface area contributed by atoms with Crippen molar-refractivity contribution in [3.05, 3.63) is 194 Å². The Morgan fingerprint density at radius 2 is 0.849 bits per heavy atom. The number of fused-ring (bicyclic) bond motifs is 7. The van der Waals surface area contributed by atoms with E-state index in [0.717, 1.165) is 28.1 Å². The van der Waals surface area contributed by atoms with E-state index in [9.17, 15) is 0 Å². The minimum absolute atomic E-state index is 0.935. The molecule has 0 saturated heterocycles. The van der Waals surface area contributed by atoms with Gasteiger partial charge in [-0.15, -0.1) is 0 Å². The van der Waals surface area contributed by atoms with Crippen LogP contribution in [0.15, 0.2) is 194 Å². The third kappa shape index (κ3) is 4.63. The number of aromatic nitrogens is 2. The molecule has 0 amide bonds. The van der Waals surface area contributed by atoms with Crippen molar-refractivity contribution in [2.24, 2.45) is 0 Å². The second kappa shape index (κ2) is 11.8. The first-order valence-corrected chi connectivity index (χ1v) is 18.2. The number of rotatable bonds is 4. The first-order valence-electron chi connectivity index (χ1n) is 18.2. The molecule has 0 N–H and O–H groups in total. The Labute approximate surface area is 306 Å².